The summed E-state index contributed by atoms with van der Waals surface area (Å²) in [5.74, 6) is 0.668. The van der Waals surface area contributed by atoms with Gasteiger partial charge in [-0.25, -0.2) is 4.79 Å². The lowest BCUT2D eigenvalue weighted by Gasteiger charge is -2.15. The molecule has 1 N–H and O–H groups in total. The highest BCUT2D eigenvalue weighted by Crippen LogP contribution is 2.41. The Morgan fingerprint density at radius 2 is 1.94 bits per heavy atom. The zero-order valence-electron chi connectivity index (χ0n) is 18.0. The lowest BCUT2D eigenvalue weighted by molar-refractivity contribution is -0.118. The van der Waals surface area contributed by atoms with Gasteiger partial charge < -0.3 is 14.8 Å². The molecular weight excluding hydrogens is 424 g/mol. The van der Waals surface area contributed by atoms with Crippen molar-refractivity contribution < 1.29 is 19.1 Å². The molecule has 0 saturated carbocycles. The molecule has 1 aliphatic rings. The number of nitrogens with zero attached hydrogens (tertiary/aromatic N) is 1. The normalized spacial score (nSPS) is 14.4. The summed E-state index contributed by atoms with van der Waals surface area (Å²) in [5, 5.41) is 2.97. The Bertz CT molecular complexity index is 1130. The molecule has 0 bridgehead atoms. The van der Waals surface area contributed by atoms with Gasteiger partial charge in [0.1, 0.15) is 11.9 Å². The van der Waals surface area contributed by atoms with Crippen molar-refractivity contribution in [2.75, 3.05) is 19.4 Å². The quantitative estimate of drug-likeness (QED) is 0.434. The summed E-state index contributed by atoms with van der Waals surface area (Å²) in [7, 11) is 1.38. The third-order valence-corrected chi connectivity index (χ3v) is 6.22. The van der Waals surface area contributed by atoms with Crippen molar-refractivity contribution in [1.29, 1.82) is 0 Å². The minimum atomic E-state index is -0.385. The highest BCUT2D eigenvalue weighted by Gasteiger charge is 2.28. The van der Waals surface area contributed by atoms with Gasteiger partial charge in [-0.05, 0) is 47.9 Å². The minimum absolute atomic E-state index is 0.0428. The fraction of sp³-hybridized carbons (Fsp3) is 0.240. The van der Waals surface area contributed by atoms with Gasteiger partial charge in [-0.3, -0.25) is 9.78 Å². The van der Waals surface area contributed by atoms with Crippen LogP contribution in [-0.4, -0.2) is 42.4 Å². The molecular formula is C25H24N2O4S. The van der Waals surface area contributed by atoms with Crippen molar-refractivity contribution in [3.8, 4) is 16.9 Å². The van der Waals surface area contributed by atoms with Gasteiger partial charge in [0, 0.05) is 29.3 Å². The second kappa shape index (κ2) is 9.87. The number of pyridine rings is 1. The van der Waals surface area contributed by atoms with Gasteiger partial charge in [0.15, 0.2) is 0 Å². The molecule has 0 radical (unpaired) electrons. The third-order valence-electron chi connectivity index (χ3n) is 5.21. The molecule has 2 heterocycles. The van der Waals surface area contributed by atoms with Crippen LogP contribution in [0.1, 0.15) is 21.5 Å². The van der Waals surface area contributed by atoms with Gasteiger partial charge >= 0.3 is 5.97 Å². The number of carbonyl (C=O) groups is 2. The highest BCUT2D eigenvalue weighted by molar-refractivity contribution is 8.00. The minimum Gasteiger partial charge on any atom is -0.487 e. The number of methoxy groups -OCH3 is 1. The molecule has 0 fully saturated rings. The van der Waals surface area contributed by atoms with Crippen LogP contribution in [-0.2, 0) is 16.0 Å². The first-order chi connectivity index (χ1) is 15.5. The van der Waals surface area contributed by atoms with Crippen molar-refractivity contribution in [3.05, 3.63) is 77.6 Å². The summed E-state index contributed by atoms with van der Waals surface area (Å²) >= 11 is 1.47. The summed E-state index contributed by atoms with van der Waals surface area (Å²) in [5.41, 5.74) is 4.29. The maximum Gasteiger partial charge on any atom is 0.338 e. The van der Waals surface area contributed by atoms with Crippen molar-refractivity contribution in [1.82, 2.24) is 10.3 Å². The molecule has 0 unspecified atom stereocenters. The van der Waals surface area contributed by atoms with E-state index in [-0.39, 0.29) is 18.0 Å². The molecule has 6 nitrogen and oxygen atoms in total. The molecule has 1 amide bonds. The first kappa shape index (κ1) is 21.9. The monoisotopic (exact) mass is 448 g/mol. The molecule has 4 rings (SSSR count). The fourth-order valence-corrected chi connectivity index (χ4v) is 4.49. The Morgan fingerprint density at radius 3 is 2.72 bits per heavy atom. The summed E-state index contributed by atoms with van der Waals surface area (Å²) in [6.45, 7) is 2.44. The summed E-state index contributed by atoms with van der Waals surface area (Å²) in [6, 6.07) is 15.2. The summed E-state index contributed by atoms with van der Waals surface area (Å²) < 4.78 is 11.2. The lowest BCUT2D eigenvalue weighted by atomic mass is 9.94. The zero-order chi connectivity index (χ0) is 22.5. The molecule has 0 spiro atoms. The third kappa shape index (κ3) is 4.94. The number of nitrogens with one attached hydrogen (secondary N) is 1. The van der Waals surface area contributed by atoms with Crippen molar-refractivity contribution in [3.63, 3.8) is 0 Å². The number of hydrogen-bond acceptors (Lipinski definition) is 6. The average Bonchev–Trinajstić information content (AvgIpc) is 3.23. The number of aryl methyl sites for hydroxylation is 1. The largest absolute Gasteiger partial charge is 0.487 e. The number of carbonyl (C=O) groups excluding carboxylic acids is 2. The Morgan fingerprint density at radius 1 is 1.16 bits per heavy atom. The molecule has 0 saturated heterocycles. The van der Waals surface area contributed by atoms with Crippen molar-refractivity contribution >= 4 is 23.6 Å². The standard InChI is InChI=1S/C25H24N2O4S/c1-16-11-17-13-18(14-27-23(28)15-32-19-7-9-26-10-8-19)31-24(17)22(12-16)20-5-3-4-6-21(20)25(29)30-2/h3-12,18H,13-15H2,1-2H3,(H,27,28)/t18-/m0/s1. The van der Waals surface area contributed by atoms with Crippen molar-refractivity contribution in [2.45, 2.75) is 24.3 Å². The number of benzene rings is 2. The van der Waals surface area contributed by atoms with Crippen LogP contribution in [0.15, 0.2) is 65.8 Å². The molecule has 32 heavy (non-hydrogen) atoms. The van der Waals surface area contributed by atoms with Gasteiger partial charge in [-0.2, -0.15) is 0 Å². The Kier molecular flexibility index (Phi) is 6.75. The molecule has 0 aliphatic carbocycles. The second-order valence-corrected chi connectivity index (χ2v) is 8.61. The van der Waals surface area contributed by atoms with Crippen LogP contribution in [0, 0.1) is 6.92 Å². The van der Waals surface area contributed by atoms with Crippen LogP contribution < -0.4 is 10.1 Å². The van der Waals surface area contributed by atoms with E-state index < -0.39 is 0 Å². The van der Waals surface area contributed by atoms with Gasteiger partial charge in [0.2, 0.25) is 5.91 Å². The molecule has 1 aliphatic heterocycles. The molecule has 2 aromatic carbocycles. The van der Waals surface area contributed by atoms with E-state index in [0.717, 1.165) is 32.9 Å². The summed E-state index contributed by atoms with van der Waals surface area (Å²) in [4.78, 5) is 29.6. The van der Waals surface area contributed by atoms with E-state index in [1.54, 1.807) is 18.5 Å². The second-order valence-electron chi connectivity index (χ2n) is 7.56. The van der Waals surface area contributed by atoms with Gasteiger partial charge in [-0.15, -0.1) is 11.8 Å². The Labute approximate surface area is 191 Å². The van der Waals surface area contributed by atoms with Crippen LogP contribution in [0.4, 0.5) is 0 Å². The number of thioether (sulfide) groups is 1. The molecule has 3 aromatic rings. The SMILES string of the molecule is COC(=O)c1ccccc1-c1cc(C)cc2c1O[C@H](CNC(=O)CSc1ccncc1)C2. The number of aromatic nitrogens is 1. The zero-order valence-corrected chi connectivity index (χ0v) is 18.8. The van der Waals surface area contributed by atoms with Crippen LogP contribution in [0.5, 0.6) is 5.75 Å². The molecule has 164 valence electrons. The predicted molar refractivity (Wildman–Crippen MR) is 124 cm³/mol. The lowest BCUT2D eigenvalue weighted by Crippen LogP contribution is -2.35. The highest BCUT2D eigenvalue weighted by atomic mass is 32.2. The topological polar surface area (TPSA) is 77.5 Å². The first-order valence-corrected chi connectivity index (χ1v) is 11.3. The van der Waals surface area contributed by atoms with Gasteiger partial charge in [-0.1, -0.05) is 24.3 Å². The van der Waals surface area contributed by atoms with E-state index in [9.17, 15) is 9.59 Å². The Hall–Kier alpha value is -3.32. The maximum absolute atomic E-state index is 12.3. The number of amides is 1. The van der Waals surface area contributed by atoms with Crippen LogP contribution in [0.2, 0.25) is 0 Å². The molecule has 1 atom stereocenters. The van der Waals surface area contributed by atoms with E-state index >= 15 is 0 Å². The average molecular weight is 449 g/mol. The summed E-state index contributed by atoms with van der Waals surface area (Å²) in [6.07, 6.45) is 3.96. The maximum atomic E-state index is 12.3. The van der Waals surface area contributed by atoms with Gasteiger partial charge in [0.25, 0.3) is 0 Å². The van der Waals surface area contributed by atoms with Crippen LogP contribution >= 0.6 is 11.8 Å². The van der Waals surface area contributed by atoms with E-state index in [4.69, 9.17) is 9.47 Å². The molecule has 1 aromatic heterocycles. The fourth-order valence-electron chi connectivity index (χ4n) is 3.77. The van der Waals surface area contributed by atoms with E-state index in [1.165, 1.54) is 18.9 Å². The van der Waals surface area contributed by atoms with E-state index in [1.807, 2.05) is 43.3 Å². The number of fused-ring (bicyclic) bond motifs is 1. The predicted octanol–water partition coefficient (Wildman–Crippen LogP) is 4.06. The number of rotatable bonds is 7. The Balaban J connectivity index is 1.45. The number of ether oxygens (including phenoxy) is 2. The molecule has 7 heteroatoms. The van der Waals surface area contributed by atoms with E-state index in [2.05, 4.69) is 16.4 Å². The number of hydrogen-bond donors (Lipinski definition) is 1. The van der Waals surface area contributed by atoms with Crippen LogP contribution in [0.3, 0.4) is 0 Å². The van der Waals surface area contributed by atoms with E-state index in [0.29, 0.717) is 24.3 Å². The van der Waals surface area contributed by atoms with Crippen molar-refractivity contribution in [2.24, 2.45) is 0 Å². The number of esters is 1. The van der Waals surface area contributed by atoms with Crippen LogP contribution in [0.25, 0.3) is 11.1 Å². The smallest absolute Gasteiger partial charge is 0.338 e. The van der Waals surface area contributed by atoms with Gasteiger partial charge in [0.05, 0.1) is 25.0 Å². The first-order valence-electron chi connectivity index (χ1n) is 10.3.